The number of phenolic OH excluding ortho intramolecular Hbond substituents is 1. The molecule has 1 aromatic heterocycles. The molecule has 172 valence electrons. The summed E-state index contributed by atoms with van der Waals surface area (Å²) in [5.41, 5.74) is 3.72. The summed E-state index contributed by atoms with van der Waals surface area (Å²) in [6, 6.07) is 17.2. The van der Waals surface area contributed by atoms with E-state index in [0.717, 1.165) is 16.2 Å². The Morgan fingerprint density at radius 1 is 1.18 bits per heavy atom. The molecule has 0 bridgehead atoms. The minimum Gasteiger partial charge on any atom is -0.506 e. The Morgan fingerprint density at radius 3 is 2.68 bits per heavy atom. The minimum absolute atomic E-state index is 0.00270. The number of amides is 1. The van der Waals surface area contributed by atoms with Crippen LogP contribution in [0.15, 0.2) is 84.7 Å². The molecule has 0 aliphatic carbocycles. The van der Waals surface area contributed by atoms with Crippen LogP contribution < -0.4 is 11.0 Å². The van der Waals surface area contributed by atoms with Gasteiger partial charge in [-0.2, -0.15) is 5.10 Å². The van der Waals surface area contributed by atoms with E-state index in [9.17, 15) is 14.7 Å². The van der Waals surface area contributed by atoms with Crippen molar-refractivity contribution in [2.45, 2.75) is 5.16 Å². The number of hydrogen-bond acceptors (Lipinski definition) is 6. The van der Waals surface area contributed by atoms with E-state index in [4.69, 9.17) is 11.6 Å². The monoisotopic (exact) mass is 620 g/mol. The maximum Gasteiger partial charge on any atom is 0.266 e. The zero-order valence-electron chi connectivity index (χ0n) is 17.2. The SMILES string of the molecule is O=C(CSc1nc2ccccc2c(=O)n1-c1ccc(Cl)cc1)N/N=C\c1cc(Br)cc(Br)c1O. The second-order valence-corrected chi connectivity index (χ2v) is 10.1. The van der Waals surface area contributed by atoms with Crippen LogP contribution in [0.1, 0.15) is 5.56 Å². The molecule has 3 aromatic carbocycles. The average molecular weight is 623 g/mol. The third kappa shape index (κ3) is 5.52. The van der Waals surface area contributed by atoms with Crippen molar-refractivity contribution in [1.82, 2.24) is 15.0 Å². The van der Waals surface area contributed by atoms with Crippen LogP contribution >= 0.6 is 55.2 Å². The number of halogens is 3. The molecular formula is C23H15Br2ClN4O3S. The lowest BCUT2D eigenvalue weighted by atomic mass is 10.2. The highest BCUT2D eigenvalue weighted by molar-refractivity contribution is 9.11. The molecule has 0 aliphatic heterocycles. The molecule has 0 saturated heterocycles. The quantitative estimate of drug-likeness (QED) is 0.128. The van der Waals surface area contributed by atoms with Gasteiger partial charge < -0.3 is 5.11 Å². The molecule has 0 spiro atoms. The van der Waals surface area contributed by atoms with Crippen LogP contribution in [0.2, 0.25) is 5.02 Å². The minimum atomic E-state index is -0.403. The van der Waals surface area contributed by atoms with Crippen LogP contribution in [-0.4, -0.2) is 32.5 Å². The van der Waals surface area contributed by atoms with Gasteiger partial charge in [0.2, 0.25) is 0 Å². The number of carbonyl (C=O) groups excluding carboxylic acids is 1. The van der Waals surface area contributed by atoms with E-state index >= 15 is 0 Å². The number of nitrogens with one attached hydrogen (secondary N) is 1. The fourth-order valence-corrected chi connectivity index (χ4v) is 5.24. The fraction of sp³-hybridized carbons (Fsp3) is 0.0435. The third-order valence-corrected chi connectivity index (χ3v) is 6.87. The molecule has 0 aliphatic rings. The lowest BCUT2D eigenvalue weighted by Gasteiger charge is -2.13. The predicted molar refractivity (Wildman–Crippen MR) is 142 cm³/mol. The van der Waals surface area contributed by atoms with Crippen molar-refractivity contribution in [3.8, 4) is 11.4 Å². The number of thioether (sulfide) groups is 1. The molecule has 1 heterocycles. The van der Waals surface area contributed by atoms with Gasteiger partial charge in [-0.1, -0.05) is 51.4 Å². The number of aromatic hydroxyl groups is 1. The van der Waals surface area contributed by atoms with Crippen molar-refractivity contribution < 1.29 is 9.90 Å². The van der Waals surface area contributed by atoms with Gasteiger partial charge in [-0.05, 0) is 64.5 Å². The van der Waals surface area contributed by atoms with Gasteiger partial charge in [0.05, 0.1) is 33.0 Å². The summed E-state index contributed by atoms with van der Waals surface area (Å²) in [5, 5.41) is 15.4. The lowest BCUT2D eigenvalue weighted by molar-refractivity contribution is -0.118. The smallest absolute Gasteiger partial charge is 0.266 e. The molecule has 2 N–H and O–H groups in total. The Bertz CT molecular complexity index is 1480. The van der Waals surface area contributed by atoms with Crippen LogP contribution in [0, 0.1) is 0 Å². The highest BCUT2D eigenvalue weighted by Crippen LogP contribution is 2.30. The summed E-state index contributed by atoms with van der Waals surface area (Å²) in [5.74, 6) is -0.438. The first-order valence-corrected chi connectivity index (χ1v) is 12.7. The van der Waals surface area contributed by atoms with Gasteiger partial charge in [0, 0.05) is 15.1 Å². The average Bonchev–Trinajstić information content (AvgIpc) is 2.82. The molecule has 0 fully saturated rings. The standard InChI is InChI=1S/C23H15Br2ClN4O3S/c24-14-9-13(21(32)18(25)10-14)11-27-29-20(31)12-34-23-28-19-4-2-1-3-17(19)22(33)30(23)16-7-5-15(26)6-8-16/h1-11,32H,12H2,(H,29,31)/b27-11-. The Kier molecular flexibility index (Phi) is 7.72. The first-order chi connectivity index (χ1) is 16.3. The number of aromatic nitrogens is 2. The Morgan fingerprint density at radius 2 is 1.91 bits per heavy atom. The predicted octanol–water partition coefficient (Wildman–Crippen LogP) is 5.51. The molecule has 34 heavy (non-hydrogen) atoms. The first-order valence-electron chi connectivity index (χ1n) is 9.74. The van der Waals surface area contributed by atoms with E-state index < -0.39 is 5.91 Å². The first kappa shape index (κ1) is 24.5. The van der Waals surface area contributed by atoms with Crippen molar-refractivity contribution in [3.05, 3.63) is 90.5 Å². The van der Waals surface area contributed by atoms with E-state index in [-0.39, 0.29) is 17.1 Å². The van der Waals surface area contributed by atoms with Crippen LogP contribution in [0.5, 0.6) is 5.75 Å². The molecule has 0 radical (unpaired) electrons. The topological polar surface area (TPSA) is 96.6 Å². The van der Waals surface area contributed by atoms with Gasteiger partial charge in [0.1, 0.15) is 5.75 Å². The van der Waals surface area contributed by atoms with Crippen LogP contribution in [-0.2, 0) is 4.79 Å². The second-order valence-electron chi connectivity index (χ2n) is 6.94. The Balaban J connectivity index is 1.56. The van der Waals surface area contributed by atoms with Gasteiger partial charge in [-0.25, -0.2) is 10.4 Å². The highest BCUT2D eigenvalue weighted by Gasteiger charge is 2.15. The fourth-order valence-electron chi connectivity index (χ4n) is 3.05. The van der Waals surface area contributed by atoms with Crippen molar-refractivity contribution >= 4 is 78.2 Å². The maximum absolute atomic E-state index is 13.2. The van der Waals surface area contributed by atoms with Crippen LogP contribution in [0.3, 0.4) is 0 Å². The number of para-hydroxylation sites is 1. The van der Waals surface area contributed by atoms with E-state index in [1.165, 1.54) is 10.8 Å². The molecule has 7 nitrogen and oxygen atoms in total. The van der Waals surface area contributed by atoms with E-state index in [2.05, 4.69) is 47.4 Å². The molecule has 4 aromatic rings. The molecule has 0 atom stereocenters. The largest absolute Gasteiger partial charge is 0.506 e. The summed E-state index contributed by atoms with van der Waals surface area (Å²) in [7, 11) is 0. The van der Waals surface area contributed by atoms with E-state index in [1.54, 1.807) is 60.7 Å². The number of hydrogen-bond donors (Lipinski definition) is 2. The van der Waals surface area contributed by atoms with Crippen molar-refractivity contribution in [3.63, 3.8) is 0 Å². The number of benzene rings is 3. The molecule has 1 amide bonds. The number of phenols is 1. The van der Waals surface area contributed by atoms with Gasteiger partial charge in [0.25, 0.3) is 11.5 Å². The summed E-state index contributed by atoms with van der Waals surface area (Å²) >= 11 is 13.7. The van der Waals surface area contributed by atoms with Crippen molar-refractivity contribution in [1.29, 1.82) is 0 Å². The van der Waals surface area contributed by atoms with Crippen molar-refractivity contribution in [2.24, 2.45) is 5.10 Å². The number of hydrazone groups is 1. The number of rotatable bonds is 6. The number of carbonyl (C=O) groups is 1. The zero-order chi connectivity index (χ0) is 24.2. The summed E-state index contributed by atoms with van der Waals surface area (Å²) < 4.78 is 2.69. The van der Waals surface area contributed by atoms with Crippen LogP contribution in [0.25, 0.3) is 16.6 Å². The van der Waals surface area contributed by atoms with E-state index in [1.807, 2.05) is 0 Å². The summed E-state index contributed by atoms with van der Waals surface area (Å²) in [6.45, 7) is 0. The third-order valence-electron chi connectivity index (χ3n) is 4.61. The Hall–Kier alpha value is -2.66. The second kappa shape index (κ2) is 10.7. The van der Waals surface area contributed by atoms with Gasteiger partial charge in [-0.3, -0.25) is 14.2 Å². The molecule has 0 unspecified atom stereocenters. The molecule has 4 rings (SSSR count). The van der Waals surface area contributed by atoms with Gasteiger partial charge >= 0.3 is 0 Å². The zero-order valence-corrected chi connectivity index (χ0v) is 21.9. The molecule has 11 heteroatoms. The number of nitrogens with zero attached hydrogens (tertiary/aromatic N) is 3. The number of fused-ring (bicyclic) bond motifs is 1. The molecule has 0 saturated carbocycles. The van der Waals surface area contributed by atoms with Crippen molar-refractivity contribution in [2.75, 3.05) is 5.75 Å². The highest BCUT2D eigenvalue weighted by atomic mass is 79.9. The Labute approximate surface area is 220 Å². The normalized spacial score (nSPS) is 11.3. The van der Waals surface area contributed by atoms with Crippen LogP contribution in [0.4, 0.5) is 0 Å². The molecular weight excluding hydrogens is 608 g/mol. The van der Waals surface area contributed by atoms with Gasteiger partial charge in [0.15, 0.2) is 5.16 Å². The lowest BCUT2D eigenvalue weighted by Crippen LogP contribution is -2.24. The summed E-state index contributed by atoms with van der Waals surface area (Å²) in [6.07, 6.45) is 1.34. The maximum atomic E-state index is 13.2. The van der Waals surface area contributed by atoms with Gasteiger partial charge in [-0.15, -0.1) is 0 Å². The summed E-state index contributed by atoms with van der Waals surface area (Å²) in [4.78, 5) is 30.2. The van der Waals surface area contributed by atoms with E-state index in [0.29, 0.717) is 36.8 Å².